The van der Waals surface area contributed by atoms with E-state index in [1.807, 2.05) is 6.92 Å². The van der Waals surface area contributed by atoms with Crippen molar-refractivity contribution in [3.05, 3.63) is 12.7 Å². The molecule has 0 amide bonds. The maximum Gasteiger partial charge on any atom is 0.155 e. The number of allylic oxidation sites excluding steroid dienone is 1. The summed E-state index contributed by atoms with van der Waals surface area (Å²) >= 11 is 0. The minimum Gasteiger partial charge on any atom is -0.393 e. The van der Waals surface area contributed by atoms with Crippen LogP contribution >= 0.6 is 0 Å². The highest BCUT2D eigenvalue weighted by molar-refractivity contribution is 5.88. The van der Waals surface area contributed by atoms with Gasteiger partial charge < -0.3 is 5.11 Å². The molecule has 0 rings (SSSR count). The van der Waals surface area contributed by atoms with Crippen LogP contribution in [0.4, 0.5) is 0 Å². The zero-order valence-corrected chi connectivity index (χ0v) is 7.75. The fourth-order valence-corrected chi connectivity index (χ4v) is 1.09. The van der Waals surface area contributed by atoms with Gasteiger partial charge in [0.15, 0.2) is 5.78 Å². The second-order valence-corrected chi connectivity index (χ2v) is 3.01. The molecular formula is C10H18O2. The van der Waals surface area contributed by atoms with Gasteiger partial charge in [-0.1, -0.05) is 19.9 Å². The number of rotatable bonds is 7. The maximum absolute atomic E-state index is 10.8. The lowest BCUT2D eigenvalue weighted by Gasteiger charge is -2.06. The summed E-state index contributed by atoms with van der Waals surface area (Å²) in [7, 11) is 0. The largest absolute Gasteiger partial charge is 0.393 e. The lowest BCUT2D eigenvalue weighted by Crippen LogP contribution is -2.06. The Kier molecular flexibility index (Phi) is 6.67. The lowest BCUT2D eigenvalue weighted by atomic mass is 10.1. The van der Waals surface area contributed by atoms with E-state index in [9.17, 15) is 9.90 Å². The van der Waals surface area contributed by atoms with Gasteiger partial charge in [0, 0.05) is 6.42 Å². The molecule has 0 aromatic carbocycles. The van der Waals surface area contributed by atoms with E-state index in [-0.39, 0.29) is 11.9 Å². The van der Waals surface area contributed by atoms with Crippen LogP contribution < -0.4 is 0 Å². The fourth-order valence-electron chi connectivity index (χ4n) is 1.09. The normalized spacial score (nSPS) is 12.5. The van der Waals surface area contributed by atoms with Crippen molar-refractivity contribution >= 4 is 5.78 Å². The van der Waals surface area contributed by atoms with Crippen molar-refractivity contribution in [3.63, 3.8) is 0 Å². The number of hydrogen-bond acceptors (Lipinski definition) is 2. The minimum absolute atomic E-state index is 0.0682. The van der Waals surface area contributed by atoms with Crippen LogP contribution in [-0.4, -0.2) is 17.0 Å². The first-order valence-corrected chi connectivity index (χ1v) is 4.54. The summed E-state index contributed by atoms with van der Waals surface area (Å²) in [5.74, 6) is 0.0682. The molecule has 1 unspecified atom stereocenters. The molecule has 70 valence electrons. The molecule has 0 saturated carbocycles. The smallest absolute Gasteiger partial charge is 0.155 e. The first kappa shape index (κ1) is 11.4. The highest BCUT2D eigenvalue weighted by atomic mass is 16.3. The van der Waals surface area contributed by atoms with Crippen molar-refractivity contribution < 1.29 is 9.90 Å². The van der Waals surface area contributed by atoms with E-state index in [0.29, 0.717) is 6.42 Å². The third-order valence-electron chi connectivity index (χ3n) is 1.81. The van der Waals surface area contributed by atoms with Gasteiger partial charge in [-0.25, -0.2) is 0 Å². The topological polar surface area (TPSA) is 37.3 Å². The molecule has 1 N–H and O–H groups in total. The summed E-state index contributed by atoms with van der Waals surface area (Å²) < 4.78 is 0. The standard InChI is InChI=1S/C10H18O2/c1-3-6-10(12)8-5-7-9(11)4-2/h4,10,12H,2-3,5-8H2,1H3. The molecule has 0 spiro atoms. The van der Waals surface area contributed by atoms with Crippen LogP contribution in [0.2, 0.25) is 0 Å². The Morgan fingerprint density at radius 3 is 2.75 bits per heavy atom. The quantitative estimate of drug-likeness (QED) is 0.594. The van der Waals surface area contributed by atoms with Crippen LogP contribution in [0.15, 0.2) is 12.7 Å². The summed E-state index contributed by atoms with van der Waals surface area (Å²) in [5.41, 5.74) is 0. The van der Waals surface area contributed by atoms with Crippen LogP contribution in [-0.2, 0) is 4.79 Å². The van der Waals surface area contributed by atoms with Crippen molar-refractivity contribution in [2.45, 2.75) is 45.1 Å². The number of hydrogen-bond donors (Lipinski definition) is 1. The van der Waals surface area contributed by atoms with E-state index in [1.54, 1.807) is 0 Å². The van der Waals surface area contributed by atoms with Gasteiger partial charge in [-0.15, -0.1) is 0 Å². The zero-order chi connectivity index (χ0) is 9.40. The molecule has 2 heteroatoms. The number of ketones is 1. The molecule has 0 radical (unpaired) electrons. The fraction of sp³-hybridized carbons (Fsp3) is 0.700. The SMILES string of the molecule is C=CC(=O)CCCC(O)CCC. The predicted octanol–water partition coefficient (Wildman–Crippen LogP) is 2.07. The van der Waals surface area contributed by atoms with Gasteiger partial charge in [0.05, 0.1) is 6.10 Å². The average molecular weight is 170 g/mol. The summed E-state index contributed by atoms with van der Waals surface area (Å²) in [4.78, 5) is 10.8. The van der Waals surface area contributed by atoms with Gasteiger partial charge in [-0.05, 0) is 25.3 Å². The first-order chi connectivity index (χ1) is 5.70. The summed E-state index contributed by atoms with van der Waals surface area (Å²) in [6.07, 6.45) is 4.96. The minimum atomic E-state index is -0.229. The van der Waals surface area contributed by atoms with E-state index in [2.05, 4.69) is 6.58 Å². The van der Waals surface area contributed by atoms with Crippen LogP contribution in [0.25, 0.3) is 0 Å². The maximum atomic E-state index is 10.8. The lowest BCUT2D eigenvalue weighted by molar-refractivity contribution is -0.114. The van der Waals surface area contributed by atoms with Crippen LogP contribution in [0.3, 0.4) is 0 Å². The highest BCUT2D eigenvalue weighted by Gasteiger charge is 2.03. The average Bonchev–Trinajstić information content (AvgIpc) is 2.04. The number of carbonyl (C=O) groups is 1. The van der Waals surface area contributed by atoms with E-state index in [1.165, 1.54) is 6.08 Å². The summed E-state index contributed by atoms with van der Waals surface area (Å²) in [6.45, 7) is 5.42. The molecule has 2 nitrogen and oxygen atoms in total. The molecule has 0 fully saturated rings. The van der Waals surface area contributed by atoms with Crippen LogP contribution in [0, 0.1) is 0 Å². The number of carbonyl (C=O) groups excluding carboxylic acids is 1. The van der Waals surface area contributed by atoms with E-state index in [4.69, 9.17) is 0 Å². The Balaban J connectivity index is 3.30. The molecule has 0 bridgehead atoms. The Bertz CT molecular complexity index is 141. The van der Waals surface area contributed by atoms with Gasteiger partial charge in [0.1, 0.15) is 0 Å². The third kappa shape index (κ3) is 6.10. The van der Waals surface area contributed by atoms with Crippen LogP contribution in [0.1, 0.15) is 39.0 Å². The first-order valence-electron chi connectivity index (χ1n) is 4.54. The zero-order valence-electron chi connectivity index (χ0n) is 7.75. The van der Waals surface area contributed by atoms with Gasteiger partial charge in [-0.3, -0.25) is 4.79 Å². The Hall–Kier alpha value is -0.630. The molecule has 0 aromatic rings. The Morgan fingerprint density at radius 1 is 1.58 bits per heavy atom. The van der Waals surface area contributed by atoms with Crippen LogP contribution in [0.5, 0.6) is 0 Å². The summed E-state index contributed by atoms with van der Waals surface area (Å²) in [5, 5.41) is 9.30. The molecule has 12 heavy (non-hydrogen) atoms. The monoisotopic (exact) mass is 170 g/mol. The van der Waals surface area contributed by atoms with Crippen molar-refractivity contribution in [1.82, 2.24) is 0 Å². The molecule has 0 aromatic heterocycles. The van der Waals surface area contributed by atoms with Gasteiger partial charge >= 0.3 is 0 Å². The van der Waals surface area contributed by atoms with E-state index < -0.39 is 0 Å². The molecule has 1 atom stereocenters. The van der Waals surface area contributed by atoms with Crippen molar-refractivity contribution in [1.29, 1.82) is 0 Å². The second-order valence-electron chi connectivity index (χ2n) is 3.01. The van der Waals surface area contributed by atoms with Gasteiger partial charge in [-0.2, -0.15) is 0 Å². The highest BCUT2D eigenvalue weighted by Crippen LogP contribution is 2.06. The molecule has 0 aliphatic rings. The third-order valence-corrected chi connectivity index (χ3v) is 1.81. The molecular weight excluding hydrogens is 152 g/mol. The van der Waals surface area contributed by atoms with Crippen molar-refractivity contribution in [2.75, 3.05) is 0 Å². The predicted molar refractivity (Wildman–Crippen MR) is 50.0 cm³/mol. The van der Waals surface area contributed by atoms with E-state index >= 15 is 0 Å². The Labute approximate surface area is 74.3 Å². The molecule has 0 saturated heterocycles. The van der Waals surface area contributed by atoms with Gasteiger partial charge in [0.2, 0.25) is 0 Å². The molecule has 0 aliphatic heterocycles. The molecule has 0 aliphatic carbocycles. The molecule has 0 heterocycles. The summed E-state index contributed by atoms with van der Waals surface area (Å²) in [6, 6.07) is 0. The van der Waals surface area contributed by atoms with Crippen molar-refractivity contribution in [3.8, 4) is 0 Å². The number of aliphatic hydroxyl groups excluding tert-OH is 1. The second kappa shape index (κ2) is 7.04. The number of aliphatic hydroxyl groups is 1. The van der Waals surface area contributed by atoms with Gasteiger partial charge in [0.25, 0.3) is 0 Å². The Morgan fingerprint density at radius 2 is 2.25 bits per heavy atom. The van der Waals surface area contributed by atoms with E-state index in [0.717, 1.165) is 25.7 Å². The van der Waals surface area contributed by atoms with Crippen molar-refractivity contribution in [2.24, 2.45) is 0 Å².